The van der Waals surface area contributed by atoms with Crippen molar-refractivity contribution in [3.63, 3.8) is 0 Å². The van der Waals surface area contributed by atoms with E-state index in [2.05, 4.69) is 17.9 Å². The van der Waals surface area contributed by atoms with E-state index in [0.717, 1.165) is 36.8 Å². The van der Waals surface area contributed by atoms with Crippen LogP contribution < -0.4 is 0 Å². The maximum Gasteiger partial charge on any atom is 0.181 e. The molecule has 1 fully saturated rings. The standard InChI is InChI=1S/C16H23NO/c1-2-8-17-9-4-6-13-10-14-12(11-15(13)17)5-3-7-16(14)18/h3,7,13,15H,2,4-6,8-11H2,1H3/t13-,15-/m1/s1. The van der Waals surface area contributed by atoms with Crippen LogP contribution in [0.25, 0.3) is 0 Å². The molecule has 0 amide bonds. The van der Waals surface area contributed by atoms with Crippen molar-refractivity contribution in [2.75, 3.05) is 13.1 Å². The Kier molecular flexibility index (Phi) is 3.38. The first-order chi connectivity index (χ1) is 8.79. The van der Waals surface area contributed by atoms with E-state index in [-0.39, 0.29) is 0 Å². The zero-order valence-corrected chi connectivity index (χ0v) is 11.3. The number of carbonyl (C=O) groups is 1. The number of nitrogens with zero attached hydrogens (tertiary/aromatic N) is 1. The molecule has 0 aromatic rings. The van der Waals surface area contributed by atoms with Crippen LogP contribution in [0, 0.1) is 5.92 Å². The molecule has 1 saturated heterocycles. The van der Waals surface area contributed by atoms with Crippen molar-refractivity contribution in [1.82, 2.24) is 4.90 Å². The predicted molar refractivity (Wildman–Crippen MR) is 73.4 cm³/mol. The molecule has 3 rings (SSSR count). The summed E-state index contributed by atoms with van der Waals surface area (Å²) in [6.45, 7) is 4.76. The Morgan fingerprint density at radius 3 is 3.11 bits per heavy atom. The minimum Gasteiger partial charge on any atom is -0.300 e. The van der Waals surface area contributed by atoms with Crippen molar-refractivity contribution >= 4 is 5.78 Å². The molecule has 0 saturated carbocycles. The Hall–Kier alpha value is -0.890. The minimum absolute atomic E-state index is 0.294. The van der Waals surface area contributed by atoms with Gasteiger partial charge in [0.25, 0.3) is 0 Å². The van der Waals surface area contributed by atoms with Gasteiger partial charge in [0.1, 0.15) is 0 Å². The molecular weight excluding hydrogens is 222 g/mol. The van der Waals surface area contributed by atoms with Crippen LogP contribution in [-0.2, 0) is 4.79 Å². The lowest BCUT2D eigenvalue weighted by atomic mass is 9.72. The third kappa shape index (κ3) is 2.07. The second-order valence-electron chi connectivity index (χ2n) is 5.97. The number of rotatable bonds is 2. The fourth-order valence-electron chi connectivity index (χ4n) is 3.98. The van der Waals surface area contributed by atoms with Gasteiger partial charge in [0.2, 0.25) is 0 Å². The smallest absolute Gasteiger partial charge is 0.181 e. The summed E-state index contributed by atoms with van der Waals surface area (Å²) in [4.78, 5) is 14.6. The Labute approximate surface area is 110 Å². The fourth-order valence-corrected chi connectivity index (χ4v) is 3.98. The third-order valence-corrected chi connectivity index (χ3v) is 4.82. The van der Waals surface area contributed by atoms with E-state index in [4.69, 9.17) is 0 Å². The lowest BCUT2D eigenvalue weighted by molar-refractivity contribution is -0.112. The van der Waals surface area contributed by atoms with Gasteiger partial charge in [0, 0.05) is 6.04 Å². The highest BCUT2D eigenvalue weighted by Gasteiger charge is 2.37. The van der Waals surface area contributed by atoms with E-state index in [1.54, 1.807) is 6.08 Å². The molecule has 0 radical (unpaired) electrons. The highest BCUT2D eigenvalue weighted by atomic mass is 16.1. The average Bonchev–Trinajstić information content (AvgIpc) is 2.38. The van der Waals surface area contributed by atoms with Gasteiger partial charge in [-0.15, -0.1) is 0 Å². The summed E-state index contributed by atoms with van der Waals surface area (Å²) >= 11 is 0. The number of hydrogen-bond acceptors (Lipinski definition) is 2. The fraction of sp³-hybridized carbons (Fsp3) is 0.688. The van der Waals surface area contributed by atoms with Crippen molar-refractivity contribution < 1.29 is 4.79 Å². The van der Waals surface area contributed by atoms with Crippen molar-refractivity contribution in [2.24, 2.45) is 5.92 Å². The molecule has 0 bridgehead atoms. The van der Waals surface area contributed by atoms with Gasteiger partial charge in [0.15, 0.2) is 5.78 Å². The maximum absolute atomic E-state index is 12.0. The van der Waals surface area contributed by atoms with Crippen LogP contribution in [0.3, 0.4) is 0 Å². The van der Waals surface area contributed by atoms with E-state index in [1.165, 1.54) is 37.9 Å². The summed E-state index contributed by atoms with van der Waals surface area (Å²) in [5, 5.41) is 0. The Bertz CT molecular complexity index is 405. The normalized spacial score (nSPS) is 32.4. The van der Waals surface area contributed by atoms with Crippen LogP contribution in [0.5, 0.6) is 0 Å². The highest BCUT2D eigenvalue weighted by Crippen LogP contribution is 2.41. The molecule has 0 N–H and O–H groups in total. The van der Waals surface area contributed by atoms with E-state index in [1.807, 2.05) is 0 Å². The monoisotopic (exact) mass is 245 g/mol. The summed E-state index contributed by atoms with van der Waals surface area (Å²) in [6.07, 6.45) is 10.9. The molecule has 0 spiro atoms. The van der Waals surface area contributed by atoms with Crippen LogP contribution in [0.4, 0.5) is 0 Å². The molecule has 0 unspecified atom stereocenters. The van der Waals surface area contributed by atoms with Crippen LogP contribution in [0.2, 0.25) is 0 Å². The van der Waals surface area contributed by atoms with Crippen LogP contribution in [0.1, 0.15) is 45.4 Å². The SMILES string of the molecule is CCCN1CCC[C@@H]2CC3=C(CC=CC3=O)C[C@H]21. The van der Waals surface area contributed by atoms with Crippen LogP contribution in [-0.4, -0.2) is 29.8 Å². The van der Waals surface area contributed by atoms with Gasteiger partial charge < -0.3 is 0 Å². The van der Waals surface area contributed by atoms with Crippen LogP contribution in [0.15, 0.2) is 23.3 Å². The number of fused-ring (bicyclic) bond motifs is 1. The van der Waals surface area contributed by atoms with Gasteiger partial charge in [-0.2, -0.15) is 0 Å². The first-order valence-corrected chi connectivity index (χ1v) is 7.45. The quantitative estimate of drug-likeness (QED) is 0.745. The summed E-state index contributed by atoms with van der Waals surface area (Å²) in [6, 6.07) is 0.719. The van der Waals surface area contributed by atoms with Gasteiger partial charge in [-0.1, -0.05) is 18.6 Å². The molecule has 2 atom stereocenters. The predicted octanol–water partition coefficient (Wildman–Crippen LogP) is 3.10. The van der Waals surface area contributed by atoms with E-state index < -0.39 is 0 Å². The molecule has 1 aliphatic heterocycles. The van der Waals surface area contributed by atoms with Gasteiger partial charge in [-0.25, -0.2) is 0 Å². The molecule has 0 aromatic heterocycles. The zero-order chi connectivity index (χ0) is 12.5. The molecular formula is C16H23NO. The summed E-state index contributed by atoms with van der Waals surface area (Å²) in [7, 11) is 0. The second kappa shape index (κ2) is 5.00. The summed E-state index contributed by atoms with van der Waals surface area (Å²) < 4.78 is 0. The first kappa shape index (κ1) is 12.2. The van der Waals surface area contributed by atoms with Gasteiger partial charge in [-0.3, -0.25) is 9.69 Å². The van der Waals surface area contributed by atoms with Crippen molar-refractivity contribution in [3.8, 4) is 0 Å². The maximum atomic E-state index is 12.0. The third-order valence-electron chi connectivity index (χ3n) is 4.82. The largest absolute Gasteiger partial charge is 0.300 e. The van der Waals surface area contributed by atoms with Crippen molar-refractivity contribution in [3.05, 3.63) is 23.3 Å². The van der Waals surface area contributed by atoms with Gasteiger partial charge in [0.05, 0.1) is 0 Å². The number of piperidine rings is 1. The molecule has 0 aromatic carbocycles. The van der Waals surface area contributed by atoms with E-state index in [9.17, 15) is 4.79 Å². The first-order valence-electron chi connectivity index (χ1n) is 7.45. The lowest BCUT2D eigenvalue weighted by Crippen LogP contribution is -2.48. The average molecular weight is 245 g/mol. The highest BCUT2D eigenvalue weighted by molar-refractivity contribution is 6.05. The molecule has 3 aliphatic rings. The van der Waals surface area contributed by atoms with Crippen molar-refractivity contribution in [2.45, 2.75) is 51.5 Å². The Morgan fingerprint density at radius 1 is 1.39 bits per heavy atom. The molecule has 98 valence electrons. The Morgan fingerprint density at radius 2 is 2.28 bits per heavy atom. The molecule has 2 heteroatoms. The minimum atomic E-state index is 0.294. The van der Waals surface area contributed by atoms with Gasteiger partial charge in [-0.05, 0) is 69.2 Å². The number of allylic oxidation sites excluding steroid dienone is 3. The molecule has 2 nitrogen and oxygen atoms in total. The summed E-state index contributed by atoms with van der Waals surface area (Å²) in [5.74, 6) is 1.03. The van der Waals surface area contributed by atoms with E-state index in [0.29, 0.717) is 5.78 Å². The van der Waals surface area contributed by atoms with E-state index >= 15 is 0 Å². The zero-order valence-electron chi connectivity index (χ0n) is 11.3. The number of hydrogen-bond donors (Lipinski definition) is 0. The van der Waals surface area contributed by atoms with Crippen molar-refractivity contribution in [1.29, 1.82) is 0 Å². The lowest BCUT2D eigenvalue weighted by Gasteiger charge is -2.45. The molecule has 1 heterocycles. The second-order valence-corrected chi connectivity index (χ2v) is 5.97. The number of ketones is 1. The number of likely N-dealkylation sites (tertiary alicyclic amines) is 1. The number of carbonyl (C=O) groups excluding carboxylic acids is 1. The molecule has 18 heavy (non-hydrogen) atoms. The van der Waals surface area contributed by atoms with Gasteiger partial charge >= 0.3 is 0 Å². The van der Waals surface area contributed by atoms with Crippen LogP contribution >= 0.6 is 0 Å². The summed E-state index contributed by atoms with van der Waals surface area (Å²) in [5.41, 5.74) is 2.60. The topological polar surface area (TPSA) is 20.3 Å². The Balaban J connectivity index is 1.82. The molecule has 2 aliphatic carbocycles.